The van der Waals surface area contributed by atoms with Crippen LogP contribution in [0.2, 0.25) is 0 Å². The van der Waals surface area contributed by atoms with Crippen LogP contribution in [0.1, 0.15) is 61.7 Å². The van der Waals surface area contributed by atoms with Crippen molar-refractivity contribution in [1.29, 1.82) is 0 Å². The minimum Gasteiger partial charge on any atom is -0.394 e. The Kier molecular flexibility index (Phi) is 5.77. The van der Waals surface area contributed by atoms with Crippen LogP contribution in [0.15, 0.2) is 41.3 Å². The molecule has 0 unspecified atom stereocenters. The number of halogens is 2. The number of anilines is 1. The summed E-state index contributed by atoms with van der Waals surface area (Å²) in [7, 11) is 0. The topological polar surface area (TPSA) is 87.5 Å². The van der Waals surface area contributed by atoms with Gasteiger partial charge < -0.3 is 15.3 Å². The van der Waals surface area contributed by atoms with Crippen LogP contribution in [0.4, 0.5) is 14.6 Å². The number of hydrogen-bond acceptors (Lipinski definition) is 5. The van der Waals surface area contributed by atoms with Crippen LogP contribution in [0.25, 0.3) is 16.7 Å². The molecule has 3 heterocycles. The smallest absolute Gasteiger partial charge is 0.257 e. The third kappa shape index (κ3) is 4.13. The molecule has 39 heavy (non-hydrogen) atoms. The van der Waals surface area contributed by atoms with Crippen LogP contribution in [0.5, 0.6) is 0 Å². The Morgan fingerprint density at radius 3 is 2.46 bits per heavy atom. The highest BCUT2D eigenvalue weighted by Gasteiger charge is 2.51. The number of aliphatic hydroxyl groups excluding tert-OH is 1. The summed E-state index contributed by atoms with van der Waals surface area (Å²) in [6.45, 7) is 0.674. The Labute approximate surface area is 224 Å². The van der Waals surface area contributed by atoms with Gasteiger partial charge in [-0.1, -0.05) is 0 Å². The summed E-state index contributed by atoms with van der Waals surface area (Å²) in [5.74, 6) is 0.411. The zero-order valence-corrected chi connectivity index (χ0v) is 21.7. The van der Waals surface area contributed by atoms with Crippen molar-refractivity contribution in [2.75, 3.05) is 18.1 Å². The molecular weight excluding hydrogens is 502 g/mol. The van der Waals surface area contributed by atoms with E-state index in [2.05, 4.69) is 5.32 Å². The second kappa shape index (κ2) is 9.11. The number of hydrogen-bond donors (Lipinski definition) is 2. The maximum atomic E-state index is 15.1. The van der Waals surface area contributed by atoms with Crippen LogP contribution in [-0.4, -0.2) is 45.3 Å². The Morgan fingerprint density at radius 1 is 1.08 bits per heavy atom. The zero-order chi connectivity index (χ0) is 26.9. The molecule has 1 aliphatic heterocycles. The van der Waals surface area contributed by atoms with Gasteiger partial charge in [0.05, 0.1) is 23.7 Å². The molecule has 2 aromatic heterocycles. The van der Waals surface area contributed by atoms with E-state index >= 15 is 4.39 Å². The molecule has 4 aliphatic carbocycles. The van der Waals surface area contributed by atoms with Gasteiger partial charge in [-0.2, -0.15) is 0 Å². The lowest BCUT2D eigenvalue weighted by molar-refractivity contribution is -0.0167. The second-order valence-electron chi connectivity index (χ2n) is 12.2. The van der Waals surface area contributed by atoms with Gasteiger partial charge in [0.15, 0.2) is 5.65 Å². The zero-order valence-electron chi connectivity index (χ0n) is 21.7. The van der Waals surface area contributed by atoms with E-state index in [1.54, 1.807) is 12.1 Å². The summed E-state index contributed by atoms with van der Waals surface area (Å²) in [5.41, 5.74) is -0.666. The summed E-state index contributed by atoms with van der Waals surface area (Å²) >= 11 is 0. The van der Waals surface area contributed by atoms with Crippen LogP contribution >= 0.6 is 0 Å². The number of amides is 1. The van der Waals surface area contributed by atoms with Crippen LogP contribution in [0, 0.1) is 29.4 Å². The maximum absolute atomic E-state index is 15.1. The van der Waals surface area contributed by atoms with Gasteiger partial charge in [-0.05, 0) is 93.4 Å². The van der Waals surface area contributed by atoms with E-state index < -0.39 is 23.0 Å². The molecule has 3 aromatic rings. The lowest BCUT2D eigenvalue weighted by atomic mass is 9.53. The number of carbonyl (C=O) groups excluding carboxylic acids is 1. The van der Waals surface area contributed by atoms with Crippen molar-refractivity contribution in [1.82, 2.24) is 14.9 Å². The molecule has 4 saturated carbocycles. The van der Waals surface area contributed by atoms with Crippen LogP contribution in [0.3, 0.4) is 0 Å². The number of aliphatic hydroxyl groups is 1. The third-order valence-corrected chi connectivity index (χ3v) is 9.55. The molecule has 0 radical (unpaired) electrons. The molecule has 4 bridgehead atoms. The van der Waals surface area contributed by atoms with E-state index in [9.17, 15) is 19.1 Å². The largest absolute Gasteiger partial charge is 0.394 e. The molecule has 5 aliphatic rings. The molecule has 0 spiro atoms. The highest BCUT2D eigenvalue weighted by atomic mass is 19.1. The lowest BCUT2D eigenvalue weighted by Crippen LogP contribution is -2.60. The summed E-state index contributed by atoms with van der Waals surface area (Å²) in [6, 6.07) is 6.44. The number of carbonyl (C=O) groups is 1. The van der Waals surface area contributed by atoms with E-state index in [0.29, 0.717) is 30.1 Å². The highest BCUT2D eigenvalue weighted by Crippen LogP contribution is 2.55. The first-order chi connectivity index (χ1) is 18.8. The number of fused-ring (bicyclic) bond motifs is 1. The minimum absolute atomic E-state index is 0.00460. The lowest BCUT2D eigenvalue weighted by Gasteiger charge is -2.56. The molecule has 204 valence electrons. The minimum atomic E-state index is -0.825. The summed E-state index contributed by atoms with van der Waals surface area (Å²) in [4.78, 5) is 34.1. The van der Waals surface area contributed by atoms with Crippen molar-refractivity contribution in [2.24, 2.45) is 17.8 Å². The first-order valence-corrected chi connectivity index (χ1v) is 14.0. The Bertz CT molecular complexity index is 1500. The van der Waals surface area contributed by atoms with Crippen molar-refractivity contribution in [2.45, 2.75) is 62.9 Å². The second-order valence-corrected chi connectivity index (χ2v) is 12.2. The van der Waals surface area contributed by atoms with Gasteiger partial charge in [0.1, 0.15) is 23.0 Å². The van der Waals surface area contributed by atoms with Crippen LogP contribution < -0.4 is 15.6 Å². The first-order valence-electron chi connectivity index (χ1n) is 14.0. The van der Waals surface area contributed by atoms with Crippen molar-refractivity contribution in [3.63, 3.8) is 0 Å². The number of rotatable bonds is 5. The fourth-order valence-corrected chi connectivity index (χ4v) is 8.27. The molecule has 9 heteroatoms. The third-order valence-electron chi connectivity index (χ3n) is 9.55. The number of nitrogens with zero attached hydrogens (tertiary/aromatic N) is 3. The van der Waals surface area contributed by atoms with E-state index in [4.69, 9.17) is 4.98 Å². The molecule has 5 fully saturated rings. The predicted molar refractivity (Wildman–Crippen MR) is 143 cm³/mol. The number of pyridine rings is 2. The van der Waals surface area contributed by atoms with E-state index in [0.717, 1.165) is 44.2 Å². The Balaban J connectivity index is 1.34. The van der Waals surface area contributed by atoms with Gasteiger partial charge in [-0.25, -0.2) is 13.8 Å². The van der Waals surface area contributed by atoms with Gasteiger partial charge in [-0.3, -0.25) is 14.2 Å². The molecule has 2 N–H and O–H groups in total. The number of nitrogens with one attached hydrogen (secondary N) is 1. The van der Waals surface area contributed by atoms with E-state index in [1.807, 2.05) is 4.90 Å². The molecule has 1 atom stereocenters. The average Bonchev–Trinajstić information content (AvgIpc) is 3.37. The van der Waals surface area contributed by atoms with Gasteiger partial charge >= 0.3 is 0 Å². The Morgan fingerprint density at radius 2 is 1.79 bits per heavy atom. The predicted octanol–water partition coefficient (Wildman–Crippen LogP) is 4.32. The Hall–Kier alpha value is -3.33. The maximum Gasteiger partial charge on any atom is 0.257 e. The fraction of sp³-hybridized carbons (Fsp3) is 0.500. The van der Waals surface area contributed by atoms with Gasteiger partial charge in [0.25, 0.3) is 5.91 Å². The number of benzene rings is 1. The SMILES string of the molecule is O=C(NC12CC3CC(CC(C3)C1)C2)c1cn(-c2ccc(F)cc2F)c2nc(N3CCC[C@@H]3CO)ccc2c1=O. The van der Waals surface area contributed by atoms with Gasteiger partial charge in [0.2, 0.25) is 5.43 Å². The summed E-state index contributed by atoms with van der Waals surface area (Å²) in [6.07, 6.45) is 9.55. The van der Waals surface area contributed by atoms with Gasteiger partial charge in [0, 0.05) is 24.3 Å². The van der Waals surface area contributed by atoms with Gasteiger partial charge in [-0.15, -0.1) is 0 Å². The highest BCUT2D eigenvalue weighted by molar-refractivity contribution is 5.97. The average molecular weight is 535 g/mol. The molecule has 8 rings (SSSR count). The molecule has 1 aromatic carbocycles. The number of aromatic nitrogens is 2. The van der Waals surface area contributed by atoms with E-state index in [-0.39, 0.29) is 40.5 Å². The van der Waals surface area contributed by atoms with Crippen LogP contribution in [-0.2, 0) is 0 Å². The molecular formula is C30H32F2N4O3. The van der Waals surface area contributed by atoms with Crippen molar-refractivity contribution in [3.8, 4) is 5.69 Å². The van der Waals surface area contributed by atoms with Crippen molar-refractivity contribution < 1.29 is 18.7 Å². The fourth-order valence-electron chi connectivity index (χ4n) is 8.27. The summed E-state index contributed by atoms with van der Waals surface area (Å²) < 4.78 is 30.3. The monoisotopic (exact) mass is 534 g/mol. The standard InChI is InChI=1S/C30H32F2N4O3/c31-20-3-5-25(24(32)11-20)36-15-23(29(39)34-30-12-17-8-18(13-30)10-19(9-17)14-30)27(38)22-4-6-26(33-28(22)36)35-7-1-2-21(35)16-37/h3-6,11,15,17-19,21,37H,1-2,7-10,12-14,16H2,(H,34,39)/t17?,18?,19?,21-,30?/m1/s1. The van der Waals surface area contributed by atoms with Crippen molar-refractivity contribution >= 4 is 22.8 Å². The van der Waals surface area contributed by atoms with E-state index in [1.165, 1.54) is 36.1 Å². The molecule has 1 saturated heterocycles. The normalized spacial score (nSPS) is 29.4. The molecule has 1 amide bonds. The van der Waals surface area contributed by atoms with Crippen molar-refractivity contribution in [3.05, 3.63) is 63.9 Å². The first kappa shape index (κ1) is 24.7. The summed E-state index contributed by atoms with van der Waals surface area (Å²) in [5, 5.41) is 13.2. The quantitative estimate of drug-likeness (QED) is 0.509. The molecule has 7 nitrogen and oxygen atoms in total.